The second-order valence-corrected chi connectivity index (χ2v) is 8.81. The molecule has 176 valence electrons. The summed E-state index contributed by atoms with van der Waals surface area (Å²) in [5.74, 6) is 0.112. The third-order valence-corrected chi connectivity index (χ3v) is 6.20. The molecule has 0 bridgehead atoms. The number of carbonyl (C=O) groups is 1. The van der Waals surface area contributed by atoms with Gasteiger partial charge in [0.25, 0.3) is 5.91 Å². The number of nitrogens with one attached hydrogen (secondary N) is 2. The normalized spacial score (nSPS) is 14.1. The largest absolute Gasteiger partial charge is 0.436 e. The Kier molecular flexibility index (Phi) is 7.76. The first-order valence-corrected chi connectivity index (χ1v) is 11.5. The van der Waals surface area contributed by atoms with Crippen molar-refractivity contribution in [3.05, 3.63) is 81.8 Å². The van der Waals surface area contributed by atoms with Crippen LogP contribution < -0.4 is 10.6 Å². The van der Waals surface area contributed by atoms with Crippen molar-refractivity contribution < 1.29 is 9.21 Å². The summed E-state index contributed by atoms with van der Waals surface area (Å²) in [5, 5.41) is 7.05. The highest BCUT2D eigenvalue weighted by molar-refractivity contribution is 6.37. The van der Waals surface area contributed by atoms with Crippen molar-refractivity contribution >= 4 is 58.3 Å². The number of piperazine rings is 1. The van der Waals surface area contributed by atoms with Gasteiger partial charge in [0.15, 0.2) is 5.58 Å². The molecule has 1 aromatic heterocycles. The van der Waals surface area contributed by atoms with Crippen molar-refractivity contribution in [1.29, 1.82) is 0 Å². The fourth-order valence-electron chi connectivity index (χ4n) is 3.95. The van der Waals surface area contributed by atoms with Crippen LogP contribution in [0.1, 0.15) is 15.9 Å². The summed E-state index contributed by atoms with van der Waals surface area (Å²) < 4.78 is 6.11. The molecule has 1 fully saturated rings. The van der Waals surface area contributed by atoms with E-state index in [-0.39, 0.29) is 23.3 Å². The summed E-state index contributed by atoms with van der Waals surface area (Å²) in [4.78, 5) is 19.9. The van der Waals surface area contributed by atoms with E-state index in [9.17, 15) is 4.79 Å². The minimum atomic E-state index is -0.335. The van der Waals surface area contributed by atoms with Crippen LogP contribution in [0.3, 0.4) is 0 Å². The molecule has 3 aromatic carbocycles. The van der Waals surface area contributed by atoms with Crippen molar-refractivity contribution in [2.24, 2.45) is 0 Å². The van der Waals surface area contributed by atoms with Gasteiger partial charge in [0.05, 0.1) is 21.8 Å². The maximum atomic E-state index is 12.8. The average molecular weight is 518 g/mol. The molecular weight excluding hydrogens is 495 g/mol. The van der Waals surface area contributed by atoms with E-state index in [4.69, 9.17) is 27.6 Å². The number of fused-ring (bicyclic) bond motifs is 1. The number of carbonyl (C=O) groups excluding carboxylic acids is 1. The van der Waals surface area contributed by atoms with E-state index in [1.807, 2.05) is 36.4 Å². The van der Waals surface area contributed by atoms with E-state index in [0.717, 1.165) is 43.8 Å². The predicted molar refractivity (Wildman–Crippen MR) is 139 cm³/mol. The summed E-state index contributed by atoms with van der Waals surface area (Å²) in [6.07, 6.45) is 0. The van der Waals surface area contributed by atoms with Gasteiger partial charge in [-0.25, -0.2) is 4.98 Å². The molecule has 5 rings (SSSR count). The molecule has 9 heteroatoms. The van der Waals surface area contributed by atoms with Crippen molar-refractivity contribution in [3.63, 3.8) is 0 Å². The van der Waals surface area contributed by atoms with E-state index in [0.29, 0.717) is 27.7 Å². The van der Waals surface area contributed by atoms with Crippen LogP contribution >= 0.6 is 35.6 Å². The Hall–Kier alpha value is -2.61. The summed E-state index contributed by atoms with van der Waals surface area (Å²) in [5.41, 5.74) is 4.30. The Balaban J connectivity index is 0.00000274. The Bertz CT molecular complexity index is 1320. The van der Waals surface area contributed by atoms with Crippen molar-refractivity contribution in [3.8, 4) is 11.5 Å². The monoisotopic (exact) mass is 516 g/mol. The Morgan fingerprint density at radius 2 is 1.85 bits per heavy atom. The van der Waals surface area contributed by atoms with Gasteiger partial charge < -0.3 is 15.1 Å². The lowest BCUT2D eigenvalue weighted by Gasteiger charge is -2.27. The van der Waals surface area contributed by atoms with E-state index in [1.165, 1.54) is 5.56 Å². The maximum Gasteiger partial charge on any atom is 0.257 e. The number of benzene rings is 3. The van der Waals surface area contributed by atoms with Gasteiger partial charge in [0.2, 0.25) is 5.89 Å². The van der Waals surface area contributed by atoms with Crippen LogP contribution in [-0.2, 0) is 6.54 Å². The van der Waals surface area contributed by atoms with Crippen molar-refractivity contribution in [2.45, 2.75) is 6.54 Å². The Labute approximate surface area is 213 Å². The Morgan fingerprint density at radius 1 is 1.06 bits per heavy atom. The summed E-state index contributed by atoms with van der Waals surface area (Å²) in [6, 6.07) is 18.3. The maximum absolute atomic E-state index is 12.8. The van der Waals surface area contributed by atoms with E-state index >= 15 is 0 Å². The third kappa shape index (κ3) is 5.37. The standard InChI is InChI=1S/C25H22Cl2N4O2.ClH/c26-17-6-7-18(20(27)14-17)24(32)29-21-4-2-1-3-19(21)25-30-22-8-5-16(13-23(22)33-25)15-31-11-9-28-10-12-31;/h1-8,13-14,28H,9-12,15H2,(H,29,32);1H. The zero-order valence-electron chi connectivity index (χ0n) is 18.2. The molecule has 1 saturated heterocycles. The first-order chi connectivity index (χ1) is 16.1. The second kappa shape index (κ2) is 10.8. The molecule has 1 aliphatic heterocycles. The van der Waals surface area contributed by atoms with Gasteiger partial charge in [-0.3, -0.25) is 9.69 Å². The summed E-state index contributed by atoms with van der Waals surface area (Å²) in [7, 11) is 0. The second-order valence-electron chi connectivity index (χ2n) is 7.97. The minimum Gasteiger partial charge on any atom is -0.436 e. The topological polar surface area (TPSA) is 70.4 Å². The van der Waals surface area contributed by atoms with Crippen LogP contribution in [0.25, 0.3) is 22.6 Å². The third-order valence-electron chi connectivity index (χ3n) is 5.65. The minimum absolute atomic E-state index is 0. The van der Waals surface area contributed by atoms with Crippen LogP contribution in [0.4, 0.5) is 5.69 Å². The van der Waals surface area contributed by atoms with Gasteiger partial charge in [-0.1, -0.05) is 41.4 Å². The van der Waals surface area contributed by atoms with E-state index < -0.39 is 0 Å². The van der Waals surface area contributed by atoms with Crippen LogP contribution in [0.5, 0.6) is 0 Å². The van der Waals surface area contributed by atoms with Gasteiger partial charge in [0, 0.05) is 37.7 Å². The molecule has 1 amide bonds. The number of nitrogens with zero attached hydrogens (tertiary/aromatic N) is 2. The molecule has 0 radical (unpaired) electrons. The lowest BCUT2D eigenvalue weighted by molar-refractivity contribution is 0.102. The average Bonchev–Trinajstić information content (AvgIpc) is 3.23. The zero-order chi connectivity index (χ0) is 22.8. The lowest BCUT2D eigenvalue weighted by atomic mass is 10.1. The van der Waals surface area contributed by atoms with Crippen LogP contribution in [0.2, 0.25) is 10.0 Å². The highest BCUT2D eigenvalue weighted by Gasteiger charge is 2.17. The van der Waals surface area contributed by atoms with Crippen LogP contribution in [-0.4, -0.2) is 42.0 Å². The molecule has 0 saturated carbocycles. The number of halogens is 3. The van der Waals surface area contributed by atoms with Crippen LogP contribution in [0.15, 0.2) is 65.1 Å². The highest BCUT2D eigenvalue weighted by Crippen LogP contribution is 2.31. The van der Waals surface area contributed by atoms with Gasteiger partial charge in [0.1, 0.15) is 5.52 Å². The summed E-state index contributed by atoms with van der Waals surface area (Å²) >= 11 is 12.2. The molecule has 0 unspecified atom stereocenters. The molecule has 34 heavy (non-hydrogen) atoms. The number of hydrogen-bond acceptors (Lipinski definition) is 5. The molecule has 2 heterocycles. The number of amides is 1. The highest BCUT2D eigenvalue weighted by atomic mass is 35.5. The number of hydrogen-bond donors (Lipinski definition) is 2. The number of anilines is 1. The lowest BCUT2D eigenvalue weighted by Crippen LogP contribution is -2.42. The fraction of sp³-hybridized carbons (Fsp3) is 0.200. The molecule has 0 aliphatic carbocycles. The molecule has 4 aromatic rings. The van der Waals surface area contributed by atoms with Crippen molar-refractivity contribution in [1.82, 2.24) is 15.2 Å². The van der Waals surface area contributed by atoms with E-state index in [1.54, 1.807) is 18.2 Å². The molecule has 0 atom stereocenters. The predicted octanol–water partition coefficient (Wildman–Crippen LogP) is 5.88. The van der Waals surface area contributed by atoms with Crippen molar-refractivity contribution in [2.75, 3.05) is 31.5 Å². The number of para-hydroxylation sites is 1. The first-order valence-electron chi connectivity index (χ1n) is 10.8. The first kappa shape index (κ1) is 24.5. The van der Waals surface area contributed by atoms with Crippen LogP contribution in [0, 0.1) is 0 Å². The smallest absolute Gasteiger partial charge is 0.257 e. The molecule has 6 nitrogen and oxygen atoms in total. The number of rotatable bonds is 5. The number of aromatic nitrogens is 1. The van der Waals surface area contributed by atoms with Gasteiger partial charge in [-0.2, -0.15) is 0 Å². The summed E-state index contributed by atoms with van der Waals surface area (Å²) in [6.45, 7) is 4.97. The molecule has 2 N–H and O–H groups in total. The molecular formula is C25H23Cl3N4O2. The quantitative estimate of drug-likeness (QED) is 0.346. The van der Waals surface area contributed by atoms with Gasteiger partial charge in [-0.15, -0.1) is 12.4 Å². The molecule has 0 spiro atoms. The zero-order valence-corrected chi connectivity index (χ0v) is 20.5. The molecule has 1 aliphatic rings. The van der Waals surface area contributed by atoms with Gasteiger partial charge in [-0.05, 0) is 48.0 Å². The Morgan fingerprint density at radius 3 is 2.65 bits per heavy atom. The number of oxazole rings is 1. The van der Waals surface area contributed by atoms with E-state index in [2.05, 4.69) is 26.6 Å². The SMILES string of the molecule is Cl.O=C(Nc1ccccc1-c1nc2ccc(CN3CCNCC3)cc2o1)c1ccc(Cl)cc1Cl. The van der Waals surface area contributed by atoms with Gasteiger partial charge >= 0.3 is 0 Å². The fourth-order valence-corrected chi connectivity index (χ4v) is 4.45.